The Balaban J connectivity index is 2.50. The first kappa shape index (κ1) is 14.9. The Morgan fingerprint density at radius 2 is 2.00 bits per heavy atom. The molecule has 1 aromatic carbocycles. The quantitative estimate of drug-likeness (QED) is 0.345. The van der Waals surface area contributed by atoms with E-state index in [0.717, 1.165) is 43.4 Å². The zero-order chi connectivity index (χ0) is 13.4. The molecule has 0 amide bonds. The first-order valence-electron chi connectivity index (χ1n) is 6.24. The highest BCUT2D eigenvalue weighted by atomic mass is 32.1. The molecule has 0 aliphatic heterocycles. The van der Waals surface area contributed by atoms with E-state index in [1.807, 2.05) is 0 Å². The molecule has 0 saturated heterocycles. The minimum Gasteiger partial charge on any atom is -0.508 e. The molecule has 0 bridgehead atoms. The molecule has 0 spiro atoms. The van der Waals surface area contributed by atoms with Crippen molar-refractivity contribution in [2.75, 3.05) is 5.75 Å². The summed E-state index contributed by atoms with van der Waals surface area (Å²) in [4.78, 5) is 10.8. The number of unbranched alkanes of at least 4 members (excludes halogenated alkanes) is 3. The summed E-state index contributed by atoms with van der Waals surface area (Å²) in [7, 11) is 0. The number of hydrogen-bond acceptors (Lipinski definition) is 4. The molecule has 18 heavy (non-hydrogen) atoms. The van der Waals surface area contributed by atoms with Gasteiger partial charge in [0.2, 0.25) is 0 Å². The molecule has 1 rings (SSSR count). The van der Waals surface area contributed by atoms with Crippen LogP contribution in [0.2, 0.25) is 0 Å². The summed E-state index contributed by atoms with van der Waals surface area (Å²) in [5.41, 5.74) is 0.833. The lowest BCUT2D eigenvalue weighted by molar-refractivity contribution is -0.131. The van der Waals surface area contributed by atoms with E-state index in [1.54, 1.807) is 18.2 Å². The number of esters is 1. The van der Waals surface area contributed by atoms with Gasteiger partial charge in [-0.15, -0.1) is 0 Å². The van der Waals surface area contributed by atoms with Crippen molar-refractivity contribution in [2.45, 2.75) is 39.0 Å². The zero-order valence-electron chi connectivity index (χ0n) is 10.7. The fourth-order valence-electron chi connectivity index (χ4n) is 1.77. The molecule has 0 heterocycles. The van der Waals surface area contributed by atoms with Gasteiger partial charge in [-0.25, -0.2) is 0 Å². The van der Waals surface area contributed by atoms with E-state index in [2.05, 4.69) is 12.6 Å². The molecule has 0 fully saturated rings. The van der Waals surface area contributed by atoms with Gasteiger partial charge in [0.05, 0.1) is 0 Å². The molecule has 4 heteroatoms. The van der Waals surface area contributed by atoms with Crippen molar-refractivity contribution in [1.82, 2.24) is 0 Å². The predicted octanol–water partition coefficient (Wildman–Crippen LogP) is 3.35. The molecule has 0 aliphatic carbocycles. The monoisotopic (exact) mass is 268 g/mol. The van der Waals surface area contributed by atoms with Crippen LogP contribution in [0.5, 0.6) is 11.5 Å². The molecule has 0 aliphatic rings. The topological polar surface area (TPSA) is 46.5 Å². The number of benzene rings is 1. The van der Waals surface area contributed by atoms with Gasteiger partial charge in [-0.2, -0.15) is 12.6 Å². The van der Waals surface area contributed by atoms with Crippen molar-refractivity contribution in [3.05, 3.63) is 23.8 Å². The number of carbonyl (C=O) groups is 1. The van der Waals surface area contributed by atoms with Crippen LogP contribution in [-0.2, 0) is 11.2 Å². The molecule has 100 valence electrons. The van der Waals surface area contributed by atoms with E-state index in [0.29, 0.717) is 5.75 Å². The average Bonchev–Trinajstić information content (AvgIpc) is 2.32. The highest BCUT2D eigenvalue weighted by Crippen LogP contribution is 2.25. The Labute approximate surface area is 114 Å². The normalized spacial score (nSPS) is 10.3. The van der Waals surface area contributed by atoms with Crippen LogP contribution >= 0.6 is 12.6 Å². The van der Waals surface area contributed by atoms with E-state index >= 15 is 0 Å². The minimum absolute atomic E-state index is 0.264. The van der Waals surface area contributed by atoms with E-state index < -0.39 is 0 Å². The van der Waals surface area contributed by atoms with Crippen LogP contribution in [0.3, 0.4) is 0 Å². The molecule has 0 aromatic heterocycles. The third-order valence-electron chi connectivity index (χ3n) is 2.67. The lowest BCUT2D eigenvalue weighted by Gasteiger charge is -2.07. The highest BCUT2D eigenvalue weighted by molar-refractivity contribution is 7.80. The fourth-order valence-corrected chi connectivity index (χ4v) is 2.00. The van der Waals surface area contributed by atoms with Crippen molar-refractivity contribution in [3.8, 4) is 11.5 Å². The van der Waals surface area contributed by atoms with Crippen LogP contribution in [0.4, 0.5) is 0 Å². The molecule has 0 radical (unpaired) electrons. The number of carbonyl (C=O) groups excluding carboxylic acids is 1. The van der Waals surface area contributed by atoms with Gasteiger partial charge in [-0.1, -0.05) is 12.8 Å². The molecular formula is C14H20O3S. The van der Waals surface area contributed by atoms with Crippen LogP contribution in [0, 0.1) is 0 Å². The second-order valence-corrected chi connectivity index (χ2v) is 4.72. The fraction of sp³-hybridized carbons (Fsp3) is 0.500. The summed E-state index contributed by atoms with van der Waals surface area (Å²) in [6, 6.07) is 4.90. The zero-order valence-corrected chi connectivity index (χ0v) is 11.6. The Morgan fingerprint density at radius 3 is 2.67 bits per heavy atom. The maximum absolute atomic E-state index is 10.8. The molecule has 0 saturated carbocycles. The summed E-state index contributed by atoms with van der Waals surface area (Å²) in [5.74, 6) is 1.33. The predicted molar refractivity (Wildman–Crippen MR) is 75.4 cm³/mol. The van der Waals surface area contributed by atoms with Crippen LogP contribution < -0.4 is 4.74 Å². The Bertz CT molecular complexity index is 391. The lowest BCUT2D eigenvalue weighted by Crippen LogP contribution is -2.01. The van der Waals surface area contributed by atoms with Crippen LogP contribution in [-0.4, -0.2) is 16.8 Å². The van der Waals surface area contributed by atoms with Crippen LogP contribution in [0.1, 0.15) is 38.2 Å². The van der Waals surface area contributed by atoms with Crippen molar-refractivity contribution in [3.63, 3.8) is 0 Å². The first-order valence-corrected chi connectivity index (χ1v) is 6.88. The number of rotatable bonds is 7. The Hall–Kier alpha value is -1.16. The molecule has 0 unspecified atom stereocenters. The van der Waals surface area contributed by atoms with Gasteiger partial charge in [0.15, 0.2) is 0 Å². The second kappa shape index (κ2) is 8.03. The van der Waals surface area contributed by atoms with Crippen molar-refractivity contribution in [2.24, 2.45) is 0 Å². The van der Waals surface area contributed by atoms with Crippen molar-refractivity contribution < 1.29 is 14.6 Å². The minimum atomic E-state index is -0.347. The van der Waals surface area contributed by atoms with Gasteiger partial charge in [0.25, 0.3) is 0 Å². The van der Waals surface area contributed by atoms with Gasteiger partial charge >= 0.3 is 5.97 Å². The van der Waals surface area contributed by atoms with Crippen molar-refractivity contribution >= 4 is 18.6 Å². The molecule has 3 nitrogen and oxygen atoms in total. The summed E-state index contributed by atoms with van der Waals surface area (Å²) < 4.78 is 4.99. The number of aryl methyl sites for hydroxylation is 1. The first-order chi connectivity index (χ1) is 8.63. The van der Waals surface area contributed by atoms with Crippen molar-refractivity contribution in [1.29, 1.82) is 0 Å². The number of aromatic hydroxyl groups is 1. The van der Waals surface area contributed by atoms with E-state index in [9.17, 15) is 9.90 Å². The van der Waals surface area contributed by atoms with Gasteiger partial charge in [-0.05, 0) is 48.8 Å². The highest BCUT2D eigenvalue weighted by Gasteiger charge is 2.05. The summed E-state index contributed by atoms with van der Waals surface area (Å²) in [6.45, 7) is 1.37. The van der Waals surface area contributed by atoms with Gasteiger partial charge < -0.3 is 9.84 Å². The number of hydrogen-bond donors (Lipinski definition) is 2. The van der Waals surface area contributed by atoms with Gasteiger partial charge in [0, 0.05) is 6.92 Å². The smallest absolute Gasteiger partial charge is 0.308 e. The number of thiol groups is 1. The lowest BCUT2D eigenvalue weighted by atomic mass is 10.1. The summed E-state index contributed by atoms with van der Waals surface area (Å²) in [5, 5.41) is 9.72. The van der Waals surface area contributed by atoms with E-state index in [4.69, 9.17) is 4.74 Å². The van der Waals surface area contributed by atoms with Crippen LogP contribution in [0.15, 0.2) is 18.2 Å². The molecule has 0 atom stereocenters. The number of ether oxygens (including phenoxy) is 1. The van der Waals surface area contributed by atoms with Crippen LogP contribution in [0.25, 0.3) is 0 Å². The van der Waals surface area contributed by atoms with Gasteiger partial charge in [-0.3, -0.25) is 4.79 Å². The molecule has 1 aromatic rings. The average molecular weight is 268 g/mol. The largest absolute Gasteiger partial charge is 0.508 e. The number of phenolic OH excluding ortho intramolecular Hbond substituents is 1. The maximum Gasteiger partial charge on any atom is 0.308 e. The van der Waals surface area contributed by atoms with E-state index in [-0.39, 0.29) is 11.7 Å². The third kappa shape index (κ3) is 5.45. The molecule has 1 N–H and O–H groups in total. The van der Waals surface area contributed by atoms with Gasteiger partial charge in [0.1, 0.15) is 11.5 Å². The molecular weight excluding hydrogens is 248 g/mol. The summed E-state index contributed by atoms with van der Waals surface area (Å²) >= 11 is 4.17. The van der Waals surface area contributed by atoms with E-state index in [1.165, 1.54) is 6.92 Å². The Kier molecular flexibility index (Phi) is 6.65. The standard InChI is InChI=1S/C14H20O3S/c1-11(15)17-13-7-8-14(16)12(10-13)6-4-2-3-5-9-18/h7-8,10,16,18H,2-6,9H2,1H3. The summed E-state index contributed by atoms with van der Waals surface area (Å²) in [6.07, 6.45) is 5.23. The Morgan fingerprint density at radius 1 is 1.28 bits per heavy atom. The second-order valence-electron chi connectivity index (χ2n) is 4.27. The SMILES string of the molecule is CC(=O)Oc1ccc(O)c(CCCCCCS)c1. The third-order valence-corrected chi connectivity index (χ3v) is 2.98. The number of phenols is 1. The maximum atomic E-state index is 10.8.